The summed E-state index contributed by atoms with van der Waals surface area (Å²) in [7, 11) is 0. The van der Waals surface area contributed by atoms with Gasteiger partial charge in [0, 0.05) is 43.4 Å². The summed E-state index contributed by atoms with van der Waals surface area (Å²) in [5.74, 6) is 0.213. The van der Waals surface area contributed by atoms with Crippen molar-refractivity contribution in [3.8, 4) is 0 Å². The van der Waals surface area contributed by atoms with Crippen molar-refractivity contribution in [2.75, 3.05) is 42.1 Å². The second-order valence-electron chi connectivity index (χ2n) is 5.42. The van der Waals surface area contributed by atoms with Gasteiger partial charge < -0.3 is 20.9 Å². The van der Waals surface area contributed by atoms with Crippen LogP contribution < -0.4 is 16.0 Å². The number of anilines is 3. The van der Waals surface area contributed by atoms with Crippen LogP contribution in [-0.4, -0.2) is 46.5 Å². The maximum atomic E-state index is 12.7. The Morgan fingerprint density at radius 2 is 1.96 bits per heavy atom. The molecule has 0 saturated carbocycles. The lowest BCUT2D eigenvalue weighted by Gasteiger charge is -2.34. The predicted octanol–water partition coefficient (Wildman–Crippen LogP) is 2.49. The van der Waals surface area contributed by atoms with Crippen molar-refractivity contribution in [1.82, 2.24) is 14.3 Å². The third-order valence-electron chi connectivity index (χ3n) is 3.71. The van der Waals surface area contributed by atoms with Gasteiger partial charge in [-0.3, -0.25) is 0 Å². The van der Waals surface area contributed by atoms with Crippen LogP contribution in [0, 0.1) is 0 Å². The summed E-state index contributed by atoms with van der Waals surface area (Å²) in [6.45, 7) is 1.93. The quantitative estimate of drug-likeness (QED) is 0.846. The van der Waals surface area contributed by atoms with Crippen LogP contribution in [0.2, 0.25) is 0 Å². The van der Waals surface area contributed by atoms with E-state index < -0.39 is 17.8 Å². The zero-order valence-corrected chi connectivity index (χ0v) is 13.8. The Kier molecular flexibility index (Phi) is 4.66. The Bertz CT molecular complexity index is 757. The number of nitrogens with two attached hydrogens (primary N) is 1. The zero-order valence-electron chi connectivity index (χ0n) is 13.0. The molecule has 134 valence electrons. The van der Waals surface area contributed by atoms with Gasteiger partial charge in [-0.1, -0.05) is 6.07 Å². The zero-order chi connectivity index (χ0) is 18.0. The lowest BCUT2D eigenvalue weighted by Crippen LogP contribution is -2.50. The number of benzene rings is 1. The number of alkyl halides is 3. The van der Waals surface area contributed by atoms with Crippen molar-refractivity contribution in [3.63, 3.8) is 0 Å². The van der Waals surface area contributed by atoms with Crippen LogP contribution in [0.15, 0.2) is 24.3 Å². The van der Waals surface area contributed by atoms with Gasteiger partial charge in [0.2, 0.25) is 11.1 Å². The first-order chi connectivity index (χ1) is 11.8. The third-order valence-corrected chi connectivity index (χ3v) is 4.50. The number of nitrogens with zero attached hydrogens (tertiary/aromatic N) is 4. The van der Waals surface area contributed by atoms with E-state index in [0.29, 0.717) is 31.3 Å². The molecule has 2 aromatic rings. The number of rotatable bonds is 2. The first kappa shape index (κ1) is 17.3. The molecule has 1 aliphatic rings. The highest BCUT2D eigenvalue weighted by molar-refractivity contribution is 7.09. The Balaban J connectivity index is 1.58. The van der Waals surface area contributed by atoms with E-state index >= 15 is 0 Å². The van der Waals surface area contributed by atoms with Gasteiger partial charge in [-0.25, -0.2) is 4.79 Å². The maximum Gasteiger partial charge on any atom is 0.416 e. The van der Waals surface area contributed by atoms with Crippen LogP contribution in [0.4, 0.5) is 34.7 Å². The molecule has 25 heavy (non-hydrogen) atoms. The van der Waals surface area contributed by atoms with Gasteiger partial charge in [-0.2, -0.15) is 22.5 Å². The fourth-order valence-electron chi connectivity index (χ4n) is 2.43. The van der Waals surface area contributed by atoms with E-state index in [4.69, 9.17) is 5.73 Å². The fraction of sp³-hybridized carbons (Fsp3) is 0.357. The Morgan fingerprint density at radius 3 is 2.56 bits per heavy atom. The lowest BCUT2D eigenvalue weighted by molar-refractivity contribution is -0.137. The third kappa shape index (κ3) is 4.10. The van der Waals surface area contributed by atoms with E-state index in [2.05, 4.69) is 14.7 Å². The molecule has 0 atom stereocenters. The van der Waals surface area contributed by atoms with E-state index in [1.165, 1.54) is 23.7 Å². The normalized spacial score (nSPS) is 15.3. The molecule has 1 aliphatic heterocycles. The van der Waals surface area contributed by atoms with Crippen LogP contribution in [0.3, 0.4) is 0 Å². The van der Waals surface area contributed by atoms with Gasteiger partial charge in [-0.15, -0.1) is 0 Å². The molecule has 0 unspecified atom stereocenters. The van der Waals surface area contributed by atoms with Gasteiger partial charge in [0.25, 0.3) is 0 Å². The molecular formula is C14H15F3N6OS. The summed E-state index contributed by atoms with van der Waals surface area (Å²) >= 11 is 1.19. The van der Waals surface area contributed by atoms with Gasteiger partial charge in [0.15, 0.2) is 0 Å². The molecule has 1 aromatic carbocycles. The predicted molar refractivity (Wildman–Crippen MR) is 88.6 cm³/mol. The van der Waals surface area contributed by atoms with E-state index in [-0.39, 0.29) is 11.6 Å². The van der Waals surface area contributed by atoms with E-state index in [1.807, 2.05) is 4.90 Å². The standard InChI is InChI=1S/C14H15F3N6OS/c15-14(16,17)9-2-1-3-10(8-9)19-12(24)22-4-6-23(7-5-22)13-20-11(18)21-25-13/h1-3,8H,4-7H2,(H2,18,21)(H,19,24). The number of halogens is 3. The van der Waals surface area contributed by atoms with Gasteiger partial charge in [0.05, 0.1) is 5.56 Å². The van der Waals surface area contributed by atoms with E-state index in [0.717, 1.165) is 12.1 Å². The molecule has 11 heteroatoms. The molecule has 2 heterocycles. The number of piperazine rings is 1. The molecular weight excluding hydrogens is 357 g/mol. The number of hydrogen-bond acceptors (Lipinski definition) is 6. The highest BCUT2D eigenvalue weighted by atomic mass is 32.1. The number of carbonyl (C=O) groups is 1. The molecule has 3 rings (SSSR count). The second-order valence-corrected chi connectivity index (χ2v) is 6.15. The molecule has 0 spiro atoms. The van der Waals surface area contributed by atoms with Crippen molar-refractivity contribution in [3.05, 3.63) is 29.8 Å². The highest BCUT2D eigenvalue weighted by Crippen LogP contribution is 2.30. The summed E-state index contributed by atoms with van der Waals surface area (Å²) in [5.41, 5.74) is 4.80. The number of nitrogen functional groups attached to an aromatic ring is 1. The summed E-state index contributed by atoms with van der Waals surface area (Å²) in [4.78, 5) is 19.8. The highest BCUT2D eigenvalue weighted by Gasteiger charge is 2.30. The Hall–Kier alpha value is -2.56. The minimum Gasteiger partial charge on any atom is -0.367 e. The number of hydrogen-bond donors (Lipinski definition) is 2. The summed E-state index contributed by atoms with van der Waals surface area (Å²) < 4.78 is 42.1. The van der Waals surface area contributed by atoms with Crippen LogP contribution in [0.1, 0.15) is 5.56 Å². The molecule has 0 bridgehead atoms. The largest absolute Gasteiger partial charge is 0.416 e. The minimum atomic E-state index is -4.45. The Labute approximate surface area is 145 Å². The number of urea groups is 1. The van der Waals surface area contributed by atoms with E-state index in [9.17, 15) is 18.0 Å². The molecule has 0 radical (unpaired) electrons. The first-order valence-corrected chi connectivity index (χ1v) is 8.17. The van der Waals surface area contributed by atoms with Crippen LogP contribution in [0.5, 0.6) is 0 Å². The number of aromatic nitrogens is 2. The summed E-state index contributed by atoms with van der Waals surface area (Å²) in [6, 6.07) is 4.13. The summed E-state index contributed by atoms with van der Waals surface area (Å²) in [6.07, 6.45) is -4.45. The first-order valence-electron chi connectivity index (χ1n) is 7.40. The molecule has 3 N–H and O–H groups in total. The molecule has 1 saturated heterocycles. The molecule has 7 nitrogen and oxygen atoms in total. The maximum absolute atomic E-state index is 12.7. The van der Waals surface area contributed by atoms with Gasteiger partial charge in [0.1, 0.15) is 0 Å². The number of nitrogens with one attached hydrogen (secondary N) is 1. The van der Waals surface area contributed by atoms with Crippen molar-refractivity contribution in [1.29, 1.82) is 0 Å². The van der Waals surface area contributed by atoms with E-state index in [1.54, 1.807) is 4.90 Å². The average Bonchev–Trinajstić information content (AvgIpc) is 3.01. The van der Waals surface area contributed by atoms with Crippen LogP contribution in [-0.2, 0) is 6.18 Å². The van der Waals surface area contributed by atoms with Crippen LogP contribution >= 0.6 is 11.5 Å². The fourth-order valence-corrected chi connectivity index (χ4v) is 3.08. The van der Waals surface area contributed by atoms with Crippen molar-refractivity contribution >= 4 is 34.3 Å². The van der Waals surface area contributed by atoms with Crippen molar-refractivity contribution in [2.24, 2.45) is 0 Å². The Morgan fingerprint density at radius 1 is 1.24 bits per heavy atom. The van der Waals surface area contributed by atoms with Gasteiger partial charge >= 0.3 is 12.2 Å². The smallest absolute Gasteiger partial charge is 0.367 e. The average molecular weight is 372 g/mol. The van der Waals surface area contributed by atoms with Crippen molar-refractivity contribution < 1.29 is 18.0 Å². The van der Waals surface area contributed by atoms with Gasteiger partial charge in [-0.05, 0) is 18.2 Å². The SMILES string of the molecule is Nc1nsc(N2CCN(C(=O)Nc3cccc(C(F)(F)F)c3)CC2)n1. The number of carbonyl (C=O) groups excluding carboxylic acids is 1. The van der Waals surface area contributed by atoms with Crippen LogP contribution in [0.25, 0.3) is 0 Å². The molecule has 2 amide bonds. The molecule has 1 fully saturated rings. The second kappa shape index (κ2) is 6.75. The molecule has 0 aliphatic carbocycles. The topological polar surface area (TPSA) is 87.4 Å². The number of amides is 2. The lowest BCUT2D eigenvalue weighted by atomic mass is 10.2. The monoisotopic (exact) mass is 372 g/mol. The molecule has 1 aromatic heterocycles. The summed E-state index contributed by atoms with van der Waals surface area (Å²) in [5, 5.41) is 3.20. The van der Waals surface area contributed by atoms with Crippen molar-refractivity contribution in [2.45, 2.75) is 6.18 Å². The minimum absolute atomic E-state index is 0.110.